The number of nitrogens with one attached hydrogen (secondary N) is 2. The second-order valence-corrected chi connectivity index (χ2v) is 9.22. The number of carboxylic acid groups (broad SMARTS) is 1. The van der Waals surface area contributed by atoms with Crippen LogP contribution in [0.15, 0.2) is 48.5 Å². The lowest BCUT2D eigenvalue weighted by Crippen LogP contribution is -2.51. The minimum atomic E-state index is -3.00. The molecule has 1 saturated carbocycles. The van der Waals surface area contributed by atoms with E-state index in [0.29, 0.717) is 12.8 Å². The van der Waals surface area contributed by atoms with Gasteiger partial charge < -0.3 is 20.5 Å². The van der Waals surface area contributed by atoms with Gasteiger partial charge in [0.1, 0.15) is 12.6 Å². The maximum Gasteiger partial charge on any atom is 0.407 e. The first-order valence-corrected chi connectivity index (χ1v) is 11.7. The molecule has 0 radical (unpaired) electrons. The summed E-state index contributed by atoms with van der Waals surface area (Å²) in [5, 5.41) is 13.9. The minimum absolute atomic E-state index is 0.0380. The molecule has 0 heterocycles. The average molecular weight is 487 g/mol. The fourth-order valence-corrected chi connectivity index (χ4v) is 5.23. The van der Waals surface area contributed by atoms with E-state index in [2.05, 4.69) is 10.6 Å². The Labute approximate surface area is 201 Å². The van der Waals surface area contributed by atoms with Gasteiger partial charge in [0.15, 0.2) is 0 Å². The molecule has 7 nitrogen and oxygen atoms in total. The van der Waals surface area contributed by atoms with Gasteiger partial charge in [-0.25, -0.2) is 13.6 Å². The molecule has 2 aromatic rings. The third-order valence-corrected chi connectivity index (χ3v) is 6.81. The van der Waals surface area contributed by atoms with Gasteiger partial charge >= 0.3 is 12.1 Å². The Hall–Kier alpha value is -3.49. The van der Waals surface area contributed by atoms with Crippen LogP contribution in [-0.2, 0) is 14.3 Å². The number of fused-ring (bicyclic) bond motifs is 3. The van der Waals surface area contributed by atoms with Crippen molar-refractivity contribution in [1.82, 2.24) is 10.6 Å². The highest BCUT2D eigenvalue weighted by atomic mass is 19.3. The van der Waals surface area contributed by atoms with E-state index in [4.69, 9.17) is 9.84 Å². The van der Waals surface area contributed by atoms with Crippen LogP contribution >= 0.6 is 0 Å². The molecule has 0 spiro atoms. The fraction of sp³-hybridized carbons (Fsp3) is 0.423. The molecule has 35 heavy (non-hydrogen) atoms. The van der Waals surface area contributed by atoms with Crippen molar-refractivity contribution < 1.29 is 33.0 Å². The number of hydrogen-bond donors (Lipinski definition) is 3. The Balaban J connectivity index is 1.36. The number of benzene rings is 2. The Morgan fingerprint density at radius 1 is 1.00 bits per heavy atom. The van der Waals surface area contributed by atoms with Crippen molar-refractivity contribution in [3.63, 3.8) is 0 Å². The number of carbonyl (C=O) groups excluding carboxylic acids is 2. The zero-order chi connectivity index (χ0) is 25.0. The summed E-state index contributed by atoms with van der Waals surface area (Å²) < 4.78 is 32.6. The zero-order valence-corrected chi connectivity index (χ0v) is 19.1. The van der Waals surface area contributed by atoms with Gasteiger partial charge in [0, 0.05) is 5.92 Å². The predicted molar refractivity (Wildman–Crippen MR) is 124 cm³/mol. The van der Waals surface area contributed by atoms with Crippen molar-refractivity contribution >= 4 is 18.0 Å². The number of alkyl halides is 2. The van der Waals surface area contributed by atoms with E-state index in [-0.39, 0.29) is 18.9 Å². The van der Waals surface area contributed by atoms with Gasteiger partial charge in [-0.05, 0) is 35.1 Å². The molecular formula is C26H28F2N2O5. The number of halogens is 2. The molecule has 3 N–H and O–H groups in total. The quantitative estimate of drug-likeness (QED) is 0.486. The van der Waals surface area contributed by atoms with Crippen LogP contribution in [0.3, 0.4) is 0 Å². The van der Waals surface area contributed by atoms with Gasteiger partial charge in [-0.3, -0.25) is 9.59 Å². The maximum atomic E-state index is 13.6. The highest BCUT2D eigenvalue weighted by Crippen LogP contribution is 2.44. The highest BCUT2D eigenvalue weighted by molar-refractivity contribution is 5.80. The largest absolute Gasteiger partial charge is 0.481 e. The lowest BCUT2D eigenvalue weighted by atomic mass is 9.92. The summed E-state index contributed by atoms with van der Waals surface area (Å²) >= 11 is 0. The van der Waals surface area contributed by atoms with E-state index in [9.17, 15) is 23.2 Å². The van der Waals surface area contributed by atoms with Crippen molar-refractivity contribution in [2.24, 2.45) is 0 Å². The molecule has 186 valence electrons. The van der Waals surface area contributed by atoms with Crippen LogP contribution < -0.4 is 10.6 Å². The van der Waals surface area contributed by atoms with Gasteiger partial charge in [-0.2, -0.15) is 0 Å². The second-order valence-electron chi connectivity index (χ2n) is 9.22. The smallest absolute Gasteiger partial charge is 0.407 e. The normalized spacial score (nSPS) is 16.9. The van der Waals surface area contributed by atoms with Gasteiger partial charge in [0.05, 0.1) is 18.4 Å². The summed E-state index contributed by atoms with van der Waals surface area (Å²) in [6.45, 7) is -0.0380. The van der Waals surface area contributed by atoms with Crippen LogP contribution in [0.4, 0.5) is 13.6 Å². The number of carboxylic acids is 1. The molecule has 0 bridgehead atoms. The van der Waals surface area contributed by atoms with Crippen molar-refractivity contribution in [3.05, 3.63) is 59.7 Å². The summed E-state index contributed by atoms with van der Waals surface area (Å²) in [6, 6.07) is 13.8. The number of hydrogen-bond acceptors (Lipinski definition) is 4. The highest BCUT2D eigenvalue weighted by Gasteiger charge is 2.38. The summed E-state index contributed by atoms with van der Waals surface area (Å²) in [4.78, 5) is 36.1. The molecule has 1 atom stereocenters. The number of carbonyl (C=O) groups is 3. The van der Waals surface area contributed by atoms with Crippen molar-refractivity contribution in [1.29, 1.82) is 0 Å². The Kier molecular flexibility index (Phi) is 7.33. The summed E-state index contributed by atoms with van der Waals surface area (Å²) in [7, 11) is 0. The molecule has 2 amide bonds. The maximum absolute atomic E-state index is 13.6. The van der Waals surface area contributed by atoms with Crippen LogP contribution in [0.5, 0.6) is 0 Å². The van der Waals surface area contributed by atoms with Crippen molar-refractivity contribution in [2.45, 2.75) is 62.4 Å². The lowest BCUT2D eigenvalue weighted by molar-refractivity contribution is -0.139. The Morgan fingerprint density at radius 2 is 1.57 bits per heavy atom. The van der Waals surface area contributed by atoms with Crippen molar-refractivity contribution in [3.8, 4) is 11.1 Å². The molecule has 4 rings (SSSR count). The van der Waals surface area contributed by atoms with Crippen LogP contribution in [0, 0.1) is 0 Å². The topological polar surface area (TPSA) is 105 Å². The minimum Gasteiger partial charge on any atom is -0.481 e. The predicted octanol–water partition coefficient (Wildman–Crippen LogP) is 4.45. The molecule has 1 fully saturated rings. The van der Waals surface area contributed by atoms with Crippen molar-refractivity contribution in [2.75, 3.05) is 6.61 Å². The second kappa shape index (κ2) is 10.4. The number of aliphatic carboxylic acids is 1. The molecule has 1 unspecified atom stereocenters. The monoisotopic (exact) mass is 486 g/mol. The van der Waals surface area contributed by atoms with Gasteiger partial charge in [0.25, 0.3) is 6.43 Å². The molecule has 2 aromatic carbocycles. The molecule has 0 aromatic heterocycles. The third-order valence-electron chi connectivity index (χ3n) is 6.81. The lowest BCUT2D eigenvalue weighted by Gasteiger charge is -2.29. The number of ether oxygens (including phenoxy) is 1. The van der Waals surface area contributed by atoms with Gasteiger partial charge in [-0.15, -0.1) is 0 Å². The number of alkyl carbamates (subject to hydrolysis) is 1. The van der Waals surface area contributed by atoms with Gasteiger partial charge in [-0.1, -0.05) is 61.4 Å². The molecule has 2 aliphatic rings. The number of amides is 2. The zero-order valence-electron chi connectivity index (χ0n) is 19.1. The van der Waals surface area contributed by atoms with E-state index in [1.165, 1.54) is 0 Å². The SMILES string of the molecule is O=C(O)CC1(NC(=O)CC(NC(=O)OCC2c3ccccc3-c3ccccc32)C(F)F)CCCC1. The molecule has 0 saturated heterocycles. The molecule has 2 aliphatic carbocycles. The van der Waals surface area contributed by atoms with E-state index in [1.54, 1.807) is 0 Å². The fourth-order valence-electron chi connectivity index (χ4n) is 5.23. The first kappa shape index (κ1) is 24.6. The van der Waals surface area contributed by atoms with Crippen LogP contribution in [-0.4, -0.2) is 47.7 Å². The van der Waals surface area contributed by atoms with Crippen LogP contribution in [0.2, 0.25) is 0 Å². The molecule has 0 aliphatic heterocycles. The summed E-state index contributed by atoms with van der Waals surface area (Å²) in [5.74, 6) is -2.01. The first-order chi connectivity index (χ1) is 16.8. The summed E-state index contributed by atoms with van der Waals surface area (Å²) in [5.41, 5.74) is 3.14. The van der Waals surface area contributed by atoms with E-state index in [1.807, 2.05) is 48.5 Å². The number of rotatable bonds is 9. The standard InChI is InChI=1S/C26H28F2N2O5/c27-24(28)21(13-22(31)30-26(14-23(32)33)11-5-6-12-26)29-25(34)35-15-20-18-9-3-1-7-16(18)17-8-2-4-10-19(17)20/h1-4,7-10,20-21,24H,5-6,11-15H2,(H,29,34)(H,30,31)(H,32,33). The average Bonchev–Trinajstić information content (AvgIpc) is 3.39. The van der Waals surface area contributed by atoms with E-state index >= 15 is 0 Å². The van der Waals surface area contributed by atoms with Crippen LogP contribution in [0.1, 0.15) is 55.6 Å². The van der Waals surface area contributed by atoms with Gasteiger partial charge in [0.2, 0.25) is 5.91 Å². The third kappa shape index (κ3) is 5.61. The van der Waals surface area contributed by atoms with E-state index < -0.39 is 42.4 Å². The van der Waals surface area contributed by atoms with Crippen LogP contribution in [0.25, 0.3) is 11.1 Å². The summed E-state index contributed by atoms with van der Waals surface area (Å²) in [6.07, 6.45) is -2.52. The molecule has 9 heteroatoms. The first-order valence-electron chi connectivity index (χ1n) is 11.7. The Bertz CT molecular complexity index is 1060. The Morgan fingerprint density at radius 3 is 2.11 bits per heavy atom. The van der Waals surface area contributed by atoms with E-state index in [0.717, 1.165) is 35.1 Å². The molecular weight excluding hydrogens is 458 g/mol.